The summed E-state index contributed by atoms with van der Waals surface area (Å²) in [5.41, 5.74) is -1.70. The molecular formula is C9H12N2O5S. The number of nitrogens with zero attached hydrogens (tertiary/aromatic N) is 1. The Hall–Kier alpha value is -1.09. The minimum atomic E-state index is -0.645. The SMILES string of the molecule is O=c1ccn([C@H]2OC(CO)[C@@H](CO)S2)c(=O)[nH]1. The fraction of sp³-hybridized carbons (Fsp3) is 0.556. The van der Waals surface area contributed by atoms with Gasteiger partial charge in [0.15, 0.2) is 5.56 Å². The molecule has 3 atom stereocenters. The number of hydrogen-bond donors (Lipinski definition) is 3. The molecule has 2 rings (SSSR count). The average molecular weight is 260 g/mol. The van der Waals surface area contributed by atoms with Gasteiger partial charge in [-0.2, -0.15) is 0 Å². The van der Waals surface area contributed by atoms with Gasteiger partial charge >= 0.3 is 5.69 Å². The molecule has 94 valence electrons. The highest BCUT2D eigenvalue weighted by molar-refractivity contribution is 8.00. The molecule has 0 aliphatic carbocycles. The Morgan fingerprint density at radius 1 is 1.41 bits per heavy atom. The Morgan fingerprint density at radius 2 is 2.18 bits per heavy atom. The number of aliphatic hydroxyl groups is 2. The van der Waals surface area contributed by atoms with Crippen LogP contribution in [0.1, 0.15) is 5.56 Å². The highest BCUT2D eigenvalue weighted by atomic mass is 32.2. The van der Waals surface area contributed by atoms with E-state index in [9.17, 15) is 9.59 Å². The van der Waals surface area contributed by atoms with Crippen molar-refractivity contribution in [2.24, 2.45) is 0 Å². The number of thioether (sulfide) groups is 1. The number of aromatic nitrogens is 2. The molecule has 0 saturated carbocycles. The van der Waals surface area contributed by atoms with Gasteiger partial charge in [0.2, 0.25) is 0 Å². The second-order valence-corrected chi connectivity index (χ2v) is 4.82. The van der Waals surface area contributed by atoms with E-state index in [0.29, 0.717) is 0 Å². The van der Waals surface area contributed by atoms with Gasteiger partial charge in [-0.3, -0.25) is 14.3 Å². The molecule has 1 aliphatic rings. The van der Waals surface area contributed by atoms with E-state index in [4.69, 9.17) is 14.9 Å². The first kappa shape index (κ1) is 12.4. The second kappa shape index (κ2) is 5.05. The van der Waals surface area contributed by atoms with Gasteiger partial charge in [0, 0.05) is 12.3 Å². The van der Waals surface area contributed by atoms with Crippen LogP contribution in [0, 0.1) is 0 Å². The van der Waals surface area contributed by atoms with Gasteiger partial charge in [0.25, 0.3) is 5.56 Å². The van der Waals surface area contributed by atoms with Gasteiger partial charge in [-0.25, -0.2) is 4.79 Å². The lowest BCUT2D eigenvalue weighted by atomic mass is 10.3. The molecular weight excluding hydrogens is 248 g/mol. The summed E-state index contributed by atoms with van der Waals surface area (Å²) in [6.45, 7) is -0.378. The zero-order chi connectivity index (χ0) is 12.4. The van der Waals surface area contributed by atoms with Crippen LogP contribution in [0.5, 0.6) is 0 Å². The van der Waals surface area contributed by atoms with E-state index in [1.165, 1.54) is 28.6 Å². The number of H-pyrrole nitrogens is 1. The van der Waals surface area contributed by atoms with Crippen molar-refractivity contribution in [2.75, 3.05) is 13.2 Å². The summed E-state index contributed by atoms with van der Waals surface area (Å²) >= 11 is 1.23. The molecule has 1 unspecified atom stereocenters. The summed E-state index contributed by atoms with van der Waals surface area (Å²) in [6, 6.07) is 1.21. The van der Waals surface area contributed by atoms with Crippen molar-refractivity contribution in [3.05, 3.63) is 33.1 Å². The third kappa shape index (κ3) is 2.44. The Balaban J connectivity index is 2.25. The summed E-state index contributed by atoms with van der Waals surface area (Å²) in [6.07, 6.45) is 0.807. The molecule has 0 spiro atoms. The zero-order valence-corrected chi connectivity index (χ0v) is 9.59. The number of nitrogens with one attached hydrogen (secondary N) is 1. The van der Waals surface area contributed by atoms with Crippen LogP contribution in [0.2, 0.25) is 0 Å². The van der Waals surface area contributed by atoms with E-state index in [0.717, 1.165) is 0 Å². The molecule has 7 nitrogen and oxygen atoms in total. The Bertz CT molecular complexity index is 487. The largest absolute Gasteiger partial charge is 0.395 e. The van der Waals surface area contributed by atoms with Crippen LogP contribution >= 0.6 is 11.8 Å². The summed E-state index contributed by atoms with van der Waals surface area (Å²) in [5.74, 6) is 0. The van der Waals surface area contributed by atoms with Gasteiger partial charge in [0.05, 0.1) is 24.6 Å². The number of hydrogen-bond acceptors (Lipinski definition) is 6. The van der Waals surface area contributed by atoms with Crippen molar-refractivity contribution in [3.63, 3.8) is 0 Å². The maximum atomic E-state index is 11.5. The first-order chi connectivity index (χ1) is 8.15. The Labute approximate surface area is 100 Å². The topological polar surface area (TPSA) is 105 Å². The molecule has 0 amide bonds. The zero-order valence-electron chi connectivity index (χ0n) is 8.78. The number of aliphatic hydroxyl groups excluding tert-OH is 2. The third-order valence-corrected chi connectivity index (χ3v) is 3.81. The van der Waals surface area contributed by atoms with Crippen molar-refractivity contribution in [2.45, 2.75) is 16.9 Å². The smallest absolute Gasteiger partial charge is 0.331 e. The van der Waals surface area contributed by atoms with Gasteiger partial charge in [-0.15, -0.1) is 0 Å². The first-order valence-electron chi connectivity index (χ1n) is 5.00. The second-order valence-electron chi connectivity index (χ2n) is 3.54. The van der Waals surface area contributed by atoms with Crippen LogP contribution < -0.4 is 11.2 Å². The van der Waals surface area contributed by atoms with Crippen LogP contribution in [-0.2, 0) is 4.74 Å². The molecule has 0 bridgehead atoms. The summed E-state index contributed by atoms with van der Waals surface area (Å²) in [5, 5.41) is 17.9. The molecule has 1 aliphatic heterocycles. The summed E-state index contributed by atoms with van der Waals surface area (Å²) in [7, 11) is 0. The lowest BCUT2D eigenvalue weighted by molar-refractivity contribution is -0.0190. The van der Waals surface area contributed by atoms with E-state index in [2.05, 4.69) is 4.98 Å². The first-order valence-corrected chi connectivity index (χ1v) is 5.94. The van der Waals surface area contributed by atoms with E-state index in [1.807, 2.05) is 0 Å². The molecule has 1 fully saturated rings. The van der Waals surface area contributed by atoms with E-state index in [1.54, 1.807) is 0 Å². The van der Waals surface area contributed by atoms with Gasteiger partial charge in [-0.05, 0) is 0 Å². The molecule has 1 saturated heterocycles. The van der Waals surface area contributed by atoms with E-state index >= 15 is 0 Å². The molecule has 1 aromatic rings. The lowest BCUT2D eigenvalue weighted by Gasteiger charge is -2.12. The summed E-state index contributed by atoms with van der Waals surface area (Å²) < 4.78 is 6.63. The average Bonchev–Trinajstić information content (AvgIpc) is 2.72. The van der Waals surface area contributed by atoms with Crippen molar-refractivity contribution >= 4 is 11.8 Å². The molecule has 8 heteroatoms. The monoisotopic (exact) mass is 260 g/mol. The highest BCUT2D eigenvalue weighted by Crippen LogP contribution is 2.38. The van der Waals surface area contributed by atoms with Crippen molar-refractivity contribution in [3.8, 4) is 0 Å². The van der Waals surface area contributed by atoms with Gasteiger partial charge in [-0.1, -0.05) is 11.8 Å². The van der Waals surface area contributed by atoms with Crippen molar-refractivity contribution < 1.29 is 14.9 Å². The van der Waals surface area contributed by atoms with Crippen LogP contribution in [-0.4, -0.2) is 44.3 Å². The molecule has 2 heterocycles. The number of ether oxygens (including phenoxy) is 1. The lowest BCUT2D eigenvalue weighted by Crippen LogP contribution is -2.31. The molecule has 17 heavy (non-hydrogen) atoms. The Kier molecular flexibility index (Phi) is 3.67. The minimum absolute atomic E-state index is 0.148. The van der Waals surface area contributed by atoms with Crippen LogP contribution in [0.4, 0.5) is 0 Å². The maximum Gasteiger partial charge on any atom is 0.331 e. The molecule has 3 N–H and O–H groups in total. The third-order valence-electron chi connectivity index (χ3n) is 2.44. The quantitative estimate of drug-likeness (QED) is 0.609. The summed E-state index contributed by atoms with van der Waals surface area (Å²) in [4.78, 5) is 24.5. The van der Waals surface area contributed by atoms with Gasteiger partial charge in [0.1, 0.15) is 0 Å². The predicted molar refractivity (Wildman–Crippen MR) is 60.8 cm³/mol. The van der Waals surface area contributed by atoms with Gasteiger partial charge < -0.3 is 14.9 Å². The molecule has 0 aromatic carbocycles. The predicted octanol–water partition coefficient (Wildman–Crippen LogP) is -1.52. The van der Waals surface area contributed by atoms with Crippen LogP contribution in [0.3, 0.4) is 0 Å². The van der Waals surface area contributed by atoms with E-state index < -0.39 is 22.9 Å². The highest BCUT2D eigenvalue weighted by Gasteiger charge is 2.36. The minimum Gasteiger partial charge on any atom is -0.395 e. The van der Waals surface area contributed by atoms with Crippen LogP contribution in [0.25, 0.3) is 0 Å². The Morgan fingerprint density at radius 3 is 2.71 bits per heavy atom. The van der Waals surface area contributed by atoms with Crippen LogP contribution in [0.15, 0.2) is 21.9 Å². The number of aromatic amines is 1. The molecule has 0 radical (unpaired) electrons. The standard InChI is InChI=1S/C9H12N2O5S/c12-3-5-6(4-13)17-9(16-5)11-2-1-7(14)10-8(11)15/h1-2,5-6,9,12-13H,3-4H2,(H,10,14,15)/t5?,6-,9+/m1/s1. The fourth-order valence-electron chi connectivity index (χ4n) is 1.55. The normalized spacial score (nSPS) is 28.5. The van der Waals surface area contributed by atoms with Crippen molar-refractivity contribution in [1.82, 2.24) is 9.55 Å². The van der Waals surface area contributed by atoms with E-state index in [-0.39, 0.29) is 18.5 Å². The molecule has 1 aromatic heterocycles. The maximum absolute atomic E-state index is 11.5. The number of rotatable bonds is 3. The fourth-order valence-corrected chi connectivity index (χ4v) is 2.77. The van der Waals surface area contributed by atoms with Crippen molar-refractivity contribution in [1.29, 1.82) is 0 Å².